The van der Waals surface area contributed by atoms with E-state index < -0.39 is 10.0 Å². The SMILES string of the molecule is CCNCCNS(=O)(=O)c1cc(Br)ccc1OCC. The van der Waals surface area contributed by atoms with Gasteiger partial charge in [-0.1, -0.05) is 22.9 Å². The highest BCUT2D eigenvalue weighted by molar-refractivity contribution is 9.10. The fraction of sp³-hybridized carbons (Fsp3) is 0.500. The number of halogens is 1. The molecule has 19 heavy (non-hydrogen) atoms. The Bertz CT molecular complexity index is 506. The Kier molecular flexibility index (Phi) is 6.78. The second kappa shape index (κ2) is 7.84. The van der Waals surface area contributed by atoms with Crippen LogP contribution in [0, 0.1) is 0 Å². The monoisotopic (exact) mass is 350 g/mol. The lowest BCUT2D eigenvalue weighted by molar-refractivity contribution is 0.331. The van der Waals surface area contributed by atoms with E-state index in [2.05, 4.69) is 26.0 Å². The molecule has 0 atom stereocenters. The van der Waals surface area contributed by atoms with Gasteiger partial charge in [0.05, 0.1) is 6.61 Å². The molecule has 1 aromatic rings. The van der Waals surface area contributed by atoms with Crippen LogP contribution >= 0.6 is 15.9 Å². The predicted molar refractivity (Wildman–Crippen MR) is 79.0 cm³/mol. The lowest BCUT2D eigenvalue weighted by atomic mass is 10.3. The van der Waals surface area contributed by atoms with Crippen molar-refractivity contribution in [2.75, 3.05) is 26.2 Å². The first kappa shape index (κ1) is 16.4. The van der Waals surface area contributed by atoms with Gasteiger partial charge in [0.2, 0.25) is 10.0 Å². The largest absolute Gasteiger partial charge is 0.492 e. The van der Waals surface area contributed by atoms with Crippen molar-refractivity contribution >= 4 is 26.0 Å². The minimum atomic E-state index is -3.56. The van der Waals surface area contributed by atoms with Gasteiger partial charge >= 0.3 is 0 Å². The van der Waals surface area contributed by atoms with Crippen LogP contribution in [0.4, 0.5) is 0 Å². The molecule has 0 aromatic heterocycles. The van der Waals surface area contributed by atoms with E-state index in [0.29, 0.717) is 29.9 Å². The van der Waals surface area contributed by atoms with Crippen molar-refractivity contribution < 1.29 is 13.2 Å². The number of rotatable bonds is 8. The topological polar surface area (TPSA) is 67.4 Å². The molecular formula is C12H19BrN2O3S. The van der Waals surface area contributed by atoms with E-state index in [-0.39, 0.29) is 4.90 Å². The molecule has 0 aliphatic carbocycles. The van der Waals surface area contributed by atoms with Gasteiger partial charge in [-0.2, -0.15) is 0 Å². The van der Waals surface area contributed by atoms with Crippen molar-refractivity contribution in [3.8, 4) is 5.75 Å². The molecule has 0 spiro atoms. The molecule has 0 aliphatic heterocycles. The van der Waals surface area contributed by atoms with Crippen LogP contribution in [0.2, 0.25) is 0 Å². The highest BCUT2D eigenvalue weighted by Crippen LogP contribution is 2.27. The van der Waals surface area contributed by atoms with E-state index in [1.165, 1.54) is 0 Å². The molecule has 2 N–H and O–H groups in total. The van der Waals surface area contributed by atoms with Gasteiger partial charge in [-0.3, -0.25) is 0 Å². The number of sulfonamides is 1. The first-order valence-corrected chi connectivity index (χ1v) is 8.41. The molecule has 0 saturated carbocycles. The second-order valence-corrected chi connectivity index (χ2v) is 6.43. The van der Waals surface area contributed by atoms with Crippen molar-refractivity contribution in [2.45, 2.75) is 18.7 Å². The van der Waals surface area contributed by atoms with Gasteiger partial charge in [0.1, 0.15) is 10.6 Å². The van der Waals surface area contributed by atoms with Crippen LogP contribution in [0.1, 0.15) is 13.8 Å². The third-order valence-electron chi connectivity index (χ3n) is 2.34. The van der Waals surface area contributed by atoms with E-state index in [0.717, 1.165) is 6.54 Å². The lowest BCUT2D eigenvalue weighted by Gasteiger charge is -2.12. The number of benzene rings is 1. The Morgan fingerprint density at radius 3 is 2.63 bits per heavy atom. The highest BCUT2D eigenvalue weighted by Gasteiger charge is 2.19. The maximum atomic E-state index is 12.2. The van der Waals surface area contributed by atoms with Crippen LogP contribution < -0.4 is 14.8 Å². The highest BCUT2D eigenvalue weighted by atomic mass is 79.9. The zero-order chi connectivity index (χ0) is 14.3. The maximum Gasteiger partial charge on any atom is 0.244 e. The van der Waals surface area contributed by atoms with Gasteiger partial charge in [0.25, 0.3) is 0 Å². The zero-order valence-corrected chi connectivity index (χ0v) is 13.5. The summed E-state index contributed by atoms with van der Waals surface area (Å²) < 4.78 is 33.0. The molecule has 0 heterocycles. The first-order valence-electron chi connectivity index (χ1n) is 6.14. The fourth-order valence-corrected chi connectivity index (χ4v) is 3.21. The van der Waals surface area contributed by atoms with Crippen LogP contribution in [-0.4, -0.2) is 34.7 Å². The second-order valence-electron chi connectivity index (χ2n) is 3.78. The van der Waals surface area contributed by atoms with Crippen LogP contribution in [0.3, 0.4) is 0 Å². The molecule has 1 aromatic carbocycles. The third kappa shape index (κ3) is 5.10. The van der Waals surface area contributed by atoms with Crippen molar-refractivity contribution in [3.63, 3.8) is 0 Å². The van der Waals surface area contributed by atoms with Gasteiger partial charge in [-0.15, -0.1) is 0 Å². The molecule has 0 aliphatic rings. The smallest absolute Gasteiger partial charge is 0.244 e. The number of likely N-dealkylation sites (N-methyl/N-ethyl adjacent to an activating group) is 1. The Balaban J connectivity index is 2.89. The number of hydrogen-bond acceptors (Lipinski definition) is 4. The Hall–Kier alpha value is -0.630. The molecule has 0 bridgehead atoms. The molecular weight excluding hydrogens is 332 g/mol. The van der Waals surface area contributed by atoms with Crippen LogP contribution in [-0.2, 0) is 10.0 Å². The molecule has 0 unspecified atom stereocenters. The zero-order valence-electron chi connectivity index (χ0n) is 11.1. The van der Waals surface area contributed by atoms with Crippen molar-refractivity contribution in [3.05, 3.63) is 22.7 Å². The summed E-state index contributed by atoms with van der Waals surface area (Å²) in [4.78, 5) is 0.153. The summed E-state index contributed by atoms with van der Waals surface area (Å²) in [5.41, 5.74) is 0. The molecule has 0 amide bonds. The van der Waals surface area contributed by atoms with E-state index in [9.17, 15) is 8.42 Å². The predicted octanol–water partition coefficient (Wildman–Crippen LogP) is 1.74. The Morgan fingerprint density at radius 2 is 2.00 bits per heavy atom. The summed E-state index contributed by atoms with van der Waals surface area (Å²) in [6.45, 7) is 5.94. The quantitative estimate of drug-likeness (QED) is 0.700. The summed E-state index contributed by atoms with van der Waals surface area (Å²) >= 11 is 3.27. The van der Waals surface area contributed by atoms with Gasteiger partial charge in [-0.25, -0.2) is 13.1 Å². The molecule has 0 saturated heterocycles. The molecule has 0 fully saturated rings. The Labute approximate surface area is 122 Å². The first-order chi connectivity index (χ1) is 9.01. The van der Waals surface area contributed by atoms with Gasteiger partial charge in [0, 0.05) is 17.6 Å². The average molecular weight is 351 g/mol. The van der Waals surface area contributed by atoms with Gasteiger partial charge < -0.3 is 10.1 Å². The normalized spacial score (nSPS) is 11.5. The fourth-order valence-electron chi connectivity index (χ4n) is 1.49. The lowest BCUT2D eigenvalue weighted by Crippen LogP contribution is -2.32. The average Bonchev–Trinajstić information content (AvgIpc) is 2.37. The number of ether oxygens (including phenoxy) is 1. The maximum absolute atomic E-state index is 12.2. The summed E-state index contributed by atoms with van der Waals surface area (Å²) in [6, 6.07) is 4.94. The van der Waals surface area contributed by atoms with Gasteiger partial charge in [0.15, 0.2) is 0 Å². The number of hydrogen-bond donors (Lipinski definition) is 2. The number of nitrogens with one attached hydrogen (secondary N) is 2. The van der Waals surface area contributed by atoms with E-state index >= 15 is 0 Å². The summed E-state index contributed by atoms with van der Waals surface area (Å²) in [5, 5.41) is 3.06. The van der Waals surface area contributed by atoms with Gasteiger partial charge in [-0.05, 0) is 31.7 Å². The van der Waals surface area contributed by atoms with Crippen LogP contribution in [0.5, 0.6) is 5.75 Å². The molecule has 0 radical (unpaired) electrons. The summed E-state index contributed by atoms with van der Waals surface area (Å²) in [6.07, 6.45) is 0. The van der Waals surface area contributed by atoms with Crippen LogP contribution in [0.15, 0.2) is 27.6 Å². The van der Waals surface area contributed by atoms with Crippen molar-refractivity contribution in [1.82, 2.24) is 10.0 Å². The summed E-state index contributed by atoms with van der Waals surface area (Å²) in [5.74, 6) is 0.363. The minimum absolute atomic E-state index is 0.153. The third-order valence-corrected chi connectivity index (χ3v) is 4.31. The molecule has 7 heteroatoms. The Morgan fingerprint density at radius 1 is 1.26 bits per heavy atom. The van der Waals surface area contributed by atoms with Crippen LogP contribution in [0.25, 0.3) is 0 Å². The standard InChI is InChI=1S/C12H19BrN2O3S/c1-3-14-7-8-15-19(16,17)12-9-10(13)5-6-11(12)18-4-2/h5-6,9,14-15H,3-4,7-8H2,1-2H3. The van der Waals surface area contributed by atoms with Crippen molar-refractivity contribution in [1.29, 1.82) is 0 Å². The minimum Gasteiger partial charge on any atom is -0.492 e. The summed E-state index contributed by atoms with van der Waals surface area (Å²) in [7, 11) is -3.56. The molecule has 108 valence electrons. The van der Waals surface area contributed by atoms with E-state index in [4.69, 9.17) is 4.74 Å². The van der Waals surface area contributed by atoms with E-state index in [1.807, 2.05) is 13.8 Å². The van der Waals surface area contributed by atoms with E-state index in [1.54, 1.807) is 18.2 Å². The molecule has 1 rings (SSSR count). The molecule has 5 nitrogen and oxygen atoms in total. The van der Waals surface area contributed by atoms with Crippen molar-refractivity contribution in [2.24, 2.45) is 0 Å².